The maximum atomic E-state index is 12.6. The Kier molecular flexibility index (Phi) is 6.35. The number of imidazole rings is 1. The molecule has 3 heterocycles. The van der Waals surface area contributed by atoms with Gasteiger partial charge in [-0.1, -0.05) is 25.7 Å². The second-order valence-electron chi connectivity index (χ2n) is 9.00. The average molecular weight is 412 g/mol. The predicted molar refractivity (Wildman–Crippen MR) is 116 cm³/mol. The number of rotatable bonds is 6. The smallest absolute Gasteiger partial charge is 0.223 e. The van der Waals surface area contributed by atoms with E-state index in [4.69, 9.17) is 4.98 Å². The molecule has 2 aliphatic rings. The van der Waals surface area contributed by atoms with Gasteiger partial charge in [-0.3, -0.25) is 9.59 Å². The number of likely N-dealkylation sites (tertiary alicyclic amines) is 1. The van der Waals surface area contributed by atoms with Gasteiger partial charge in [-0.25, -0.2) is 9.97 Å². The molecule has 2 fully saturated rings. The Morgan fingerprint density at radius 1 is 1.10 bits per heavy atom. The van der Waals surface area contributed by atoms with Crippen molar-refractivity contribution in [2.24, 2.45) is 5.92 Å². The first-order valence-corrected chi connectivity index (χ1v) is 11.3. The molecule has 2 aromatic rings. The number of piperidine rings is 1. The Bertz CT molecular complexity index is 892. The molecule has 2 aromatic heterocycles. The lowest BCUT2D eigenvalue weighted by molar-refractivity contribution is -0.136. The molecule has 0 unspecified atom stereocenters. The molecule has 30 heavy (non-hydrogen) atoms. The summed E-state index contributed by atoms with van der Waals surface area (Å²) >= 11 is 0. The Morgan fingerprint density at radius 3 is 2.53 bits per heavy atom. The first-order valence-electron chi connectivity index (χ1n) is 11.3. The Hall–Kier alpha value is -2.44. The lowest BCUT2D eigenvalue weighted by atomic mass is 10.0. The van der Waals surface area contributed by atoms with Crippen LogP contribution in [0.4, 0.5) is 0 Å². The van der Waals surface area contributed by atoms with Crippen LogP contribution < -0.4 is 0 Å². The molecular formula is C23H33N5O2. The topological polar surface area (TPSA) is 71.3 Å². The van der Waals surface area contributed by atoms with E-state index in [9.17, 15) is 9.59 Å². The number of amides is 2. The molecule has 162 valence electrons. The summed E-state index contributed by atoms with van der Waals surface area (Å²) in [5, 5.41) is 0. The Balaban J connectivity index is 1.44. The molecule has 0 spiro atoms. The van der Waals surface area contributed by atoms with Crippen LogP contribution in [0.15, 0.2) is 18.3 Å². The first-order chi connectivity index (χ1) is 14.5. The predicted octanol–water partition coefficient (Wildman–Crippen LogP) is 3.20. The van der Waals surface area contributed by atoms with E-state index in [2.05, 4.69) is 15.6 Å². The summed E-state index contributed by atoms with van der Waals surface area (Å²) < 4.78 is 2.37. The minimum absolute atomic E-state index is 0.00532. The summed E-state index contributed by atoms with van der Waals surface area (Å²) in [6.07, 6.45) is 10.5. The molecular weight excluding hydrogens is 378 g/mol. The summed E-state index contributed by atoms with van der Waals surface area (Å²) in [6.45, 7) is 1.46. The van der Waals surface area contributed by atoms with Crippen LogP contribution >= 0.6 is 0 Å². The second-order valence-corrected chi connectivity index (χ2v) is 9.00. The van der Waals surface area contributed by atoms with Crippen LogP contribution in [0.25, 0.3) is 11.2 Å². The summed E-state index contributed by atoms with van der Waals surface area (Å²) in [5.41, 5.74) is 1.96. The number of fused-ring (bicyclic) bond motifs is 1. The third-order valence-corrected chi connectivity index (χ3v) is 6.70. The Morgan fingerprint density at radius 2 is 1.83 bits per heavy atom. The molecule has 0 radical (unpaired) electrons. The number of hydrogen-bond donors (Lipinski definition) is 0. The van der Waals surface area contributed by atoms with Gasteiger partial charge in [0.15, 0.2) is 5.65 Å². The number of carbonyl (C=O) groups excluding carboxylic acids is 2. The Labute approximate surface area is 178 Å². The zero-order valence-electron chi connectivity index (χ0n) is 18.2. The van der Waals surface area contributed by atoms with Crippen molar-refractivity contribution in [2.75, 3.05) is 27.2 Å². The molecule has 2 amide bonds. The minimum atomic E-state index is 0.00532. The van der Waals surface area contributed by atoms with Gasteiger partial charge in [-0.15, -0.1) is 0 Å². The number of aromatic nitrogens is 3. The average Bonchev–Trinajstić information content (AvgIpc) is 3.39. The summed E-state index contributed by atoms with van der Waals surface area (Å²) in [5.74, 6) is 1.99. The molecule has 0 aromatic carbocycles. The van der Waals surface area contributed by atoms with Gasteiger partial charge in [0, 0.05) is 58.7 Å². The van der Waals surface area contributed by atoms with E-state index in [1.54, 1.807) is 19.0 Å². The highest BCUT2D eigenvalue weighted by atomic mass is 16.2. The fourth-order valence-corrected chi connectivity index (χ4v) is 4.95. The maximum Gasteiger partial charge on any atom is 0.223 e. The third kappa shape index (κ3) is 4.50. The van der Waals surface area contributed by atoms with Crippen LogP contribution in [-0.4, -0.2) is 63.3 Å². The molecule has 1 saturated heterocycles. The lowest BCUT2D eigenvalue weighted by Crippen LogP contribution is -2.39. The van der Waals surface area contributed by atoms with Crippen molar-refractivity contribution in [1.29, 1.82) is 0 Å². The fraction of sp³-hybridized carbons (Fsp3) is 0.652. The van der Waals surface area contributed by atoms with Crippen molar-refractivity contribution in [3.63, 3.8) is 0 Å². The molecule has 1 aliphatic carbocycles. The molecule has 7 heteroatoms. The largest absolute Gasteiger partial charge is 0.349 e. The summed E-state index contributed by atoms with van der Waals surface area (Å²) in [4.78, 5) is 37.4. The summed E-state index contributed by atoms with van der Waals surface area (Å²) in [7, 11) is 3.45. The first kappa shape index (κ1) is 20.8. The zero-order chi connectivity index (χ0) is 21.1. The van der Waals surface area contributed by atoms with E-state index in [1.807, 2.05) is 17.2 Å². The standard InChI is InChI=1S/C23H33N5O2/c1-26(2)21(29)9-10-22(30)27-14-11-18(12-15-27)28-20(16-17-6-3-4-7-17)25-19-8-5-13-24-23(19)28/h5,8,13,17-18H,3-4,6-7,9-12,14-16H2,1-2H3. The van der Waals surface area contributed by atoms with Crippen molar-refractivity contribution >= 4 is 23.0 Å². The van der Waals surface area contributed by atoms with Crippen molar-refractivity contribution in [3.05, 3.63) is 24.2 Å². The quantitative estimate of drug-likeness (QED) is 0.732. The van der Waals surface area contributed by atoms with E-state index in [0.717, 1.165) is 55.3 Å². The highest BCUT2D eigenvalue weighted by molar-refractivity contribution is 5.83. The molecule has 1 saturated carbocycles. The van der Waals surface area contributed by atoms with Crippen molar-refractivity contribution < 1.29 is 9.59 Å². The van der Waals surface area contributed by atoms with Gasteiger partial charge >= 0.3 is 0 Å². The van der Waals surface area contributed by atoms with E-state index in [0.29, 0.717) is 12.5 Å². The molecule has 0 bridgehead atoms. The maximum absolute atomic E-state index is 12.6. The van der Waals surface area contributed by atoms with Gasteiger partial charge in [0.25, 0.3) is 0 Å². The van der Waals surface area contributed by atoms with Gasteiger partial charge in [-0.2, -0.15) is 0 Å². The number of hydrogen-bond acceptors (Lipinski definition) is 4. The van der Waals surface area contributed by atoms with Gasteiger partial charge in [0.05, 0.1) is 0 Å². The van der Waals surface area contributed by atoms with Crippen LogP contribution in [-0.2, 0) is 16.0 Å². The lowest BCUT2D eigenvalue weighted by Gasteiger charge is -2.33. The van der Waals surface area contributed by atoms with Gasteiger partial charge < -0.3 is 14.4 Å². The summed E-state index contributed by atoms with van der Waals surface area (Å²) in [6, 6.07) is 4.33. The van der Waals surface area contributed by atoms with E-state index in [1.165, 1.54) is 25.7 Å². The minimum Gasteiger partial charge on any atom is -0.349 e. The van der Waals surface area contributed by atoms with Gasteiger partial charge in [0.1, 0.15) is 11.3 Å². The van der Waals surface area contributed by atoms with Crippen LogP contribution in [0.3, 0.4) is 0 Å². The third-order valence-electron chi connectivity index (χ3n) is 6.70. The van der Waals surface area contributed by atoms with Crippen LogP contribution in [0.2, 0.25) is 0 Å². The molecule has 7 nitrogen and oxygen atoms in total. The van der Waals surface area contributed by atoms with Crippen molar-refractivity contribution in [3.8, 4) is 0 Å². The molecule has 1 aliphatic heterocycles. The molecule has 0 atom stereocenters. The fourth-order valence-electron chi connectivity index (χ4n) is 4.95. The zero-order valence-corrected chi connectivity index (χ0v) is 18.2. The number of nitrogens with zero attached hydrogens (tertiary/aromatic N) is 5. The highest BCUT2D eigenvalue weighted by Crippen LogP contribution is 2.32. The van der Waals surface area contributed by atoms with E-state index in [-0.39, 0.29) is 18.2 Å². The monoisotopic (exact) mass is 411 g/mol. The van der Waals surface area contributed by atoms with Gasteiger partial charge in [-0.05, 0) is 30.9 Å². The van der Waals surface area contributed by atoms with Gasteiger partial charge in [0.2, 0.25) is 11.8 Å². The van der Waals surface area contributed by atoms with Crippen molar-refractivity contribution in [2.45, 2.75) is 63.8 Å². The second kappa shape index (κ2) is 9.14. The number of carbonyl (C=O) groups is 2. The van der Waals surface area contributed by atoms with Crippen LogP contribution in [0.1, 0.15) is 63.2 Å². The van der Waals surface area contributed by atoms with Crippen molar-refractivity contribution in [1.82, 2.24) is 24.3 Å². The highest BCUT2D eigenvalue weighted by Gasteiger charge is 2.28. The normalized spacial score (nSPS) is 18.3. The van der Waals surface area contributed by atoms with Crippen LogP contribution in [0, 0.1) is 5.92 Å². The molecule has 4 rings (SSSR count). The van der Waals surface area contributed by atoms with E-state index < -0.39 is 0 Å². The van der Waals surface area contributed by atoms with Crippen LogP contribution in [0.5, 0.6) is 0 Å². The SMILES string of the molecule is CN(C)C(=O)CCC(=O)N1CCC(n2c(CC3CCCC3)nc3cccnc32)CC1. The van der Waals surface area contributed by atoms with E-state index >= 15 is 0 Å². The number of pyridine rings is 1. The molecule has 0 N–H and O–H groups in total.